The Labute approximate surface area is 53.6 Å². The standard InChI is InChI=1S/C2H5N5.C2H6/c3-1-2-4-6-7-5-2;1-2/h1,3H2,(H,4,5,6,7);1-2H3. The van der Waals surface area contributed by atoms with Crippen molar-refractivity contribution in [2.45, 2.75) is 20.4 Å². The maximum absolute atomic E-state index is 5.11. The molecule has 1 aromatic rings. The van der Waals surface area contributed by atoms with Crippen LogP contribution in [0.15, 0.2) is 0 Å². The van der Waals surface area contributed by atoms with E-state index in [1.807, 2.05) is 13.8 Å². The number of rotatable bonds is 1. The number of hydrogen-bond donors (Lipinski definition) is 2. The highest BCUT2D eigenvalue weighted by Crippen LogP contribution is 1.73. The van der Waals surface area contributed by atoms with Crippen LogP contribution < -0.4 is 5.73 Å². The van der Waals surface area contributed by atoms with Crippen molar-refractivity contribution in [3.05, 3.63) is 5.82 Å². The van der Waals surface area contributed by atoms with Crippen LogP contribution in [0.2, 0.25) is 0 Å². The molecule has 0 atom stereocenters. The average molecular weight is 129 g/mol. The molecule has 0 saturated heterocycles. The van der Waals surface area contributed by atoms with Crippen molar-refractivity contribution in [2.75, 3.05) is 0 Å². The molecule has 0 aromatic carbocycles. The summed E-state index contributed by atoms with van der Waals surface area (Å²) in [4.78, 5) is 0. The molecule has 0 unspecified atom stereocenters. The van der Waals surface area contributed by atoms with E-state index in [4.69, 9.17) is 5.73 Å². The Balaban J connectivity index is 0.000000291. The molecule has 5 nitrogen and oxygen atoms in total. The first-order chi connectivity index (χ1) is 4.43. The number of H-pyrrole nitrogens is 1. The number of hydrogen-bond acceptors (Lipinski definition) is 4. The highest BCUT2D eigenvalue weighted by Gasteiger charge is 1.87. The van der Waals surface area contributed by atoms with E-state index in [9.17, 15) is 0 Å². The maximum Gasteiger partial charge on any atom is 0.188 e. The molecule has 0 saturated carbocycles. The van der Waals surface area contributed by atoms with E-state index in [0.29, 0.717) is 12.4 Å². The minimum Gasteiger partial charge on any atom is -0.324 e. The molecule has 0 amide bonds. The first-order valence-corrected chi connectivity index (χ1v) is 2.86. The van der Waals surface area contributed by atoms with E-state index in [2.05, 4.69) is 20.6 Å². The zero-order valence-corrected chi connectivity index (χ0v) is 5.63. The van der Waals surface area contributed by atoms with Gasteiger partial charge < -0.3 is 5.73 Å². The van der Waals surface area contributed by atoms with Gasteiger partial charge >= 0.3 is 0 Å². The minimum absolute atomic E-state index is 0.344. The summed E-state index contributed by atoms with van der Waals surface area (Å²) >= 11 is 0. The molecule has 52 valence electrons. The van der Waals surface area contributed by atoms with Gasteiger partial charge in [0.05, 0.1) is 6.54 Å². The lowest BCUT2D eigenvalue weighted by Crippen LogP contribution is -1.97. The summed E-state index contributed by atoms with van der Waals surface area (Å²) in [5, 5.41) is 12.7. The van der Waals surface area contributed by atoms with Crippen molar-refractivity contribution >= 4 is 0 Å². The lowest BCUT2D eigenvalue weighted by molar-refractivity contribution is 0.881. The van der Waals surface area contributed by atoms with Crippen LogP contribution in [0.4, 0.5) is 0 Å². The zero-order chi connectivity index (χ0) is 7.11. The van der Waals surface area contributed by atoms with E-state index in [1.165, 1.54) is 0 Å². The van der Waals surface area contributed by atoms with Crippen molar-refractivity contribution in [3.8, 4) is 0 Å². The summed E-state index contributed by atoms with van der Waals surface area (Å²) in [6.07, 6.45) is 0. The summed E-state index contributed by atoms with van der Waals surface area (Å²) in [6, 6.07) is 0. The number of aromatic nitrogens is 4. The SMILES string of the molecule is CC.NCc1nn[nH]n1. The second-order valence-electron chi connectivity index (χ2n) is 1.03. The van der Waals surface area contributed by atoms with Gasteiger partial charge in [-0.05, 0) is 0 Å². The van der Waals surface area contributed by atoms with Crippen molar-refractivity contribution in [3.63, 3.8) is 0 Å². The second kappa shape index (κ2) is 5.17. The molecule has 0 aliphatic heterocycles. The normalized spacial score (nSPS) is 7.89. The van der Waals surface area contributed by atoms with Crippen molar-refractivity contribution < 1.29 is 0 Å². The lowest BCUT2D eigenvalue weighted by atomic mass is 10.7. The monoisotopic (exact) mass is 129 g/mol. The van der Waals surface area contributed by atoms with Gasteiger partial charge in [-0.1, -0.05) is 19.1 Å². The Kier molecular flexibility index (Phi) is 4.61. The predicted octanol–water partition coefficient (Wildman–Crippen LogP) is -0.315. The summed E-state index contributed by atoms with van der Waals surface area (Å²) in [5.41, 5.74) is 5.11. The second-order valence-corrected chi connectivity index (χ2v) is 1.03. The van der Waals surface area contributed by atoms with Crippen LogP contribution in [0, 0.1) is 0 Å². The summed E-state index contributed by atoms with van der Waals surface area (Å²) in [7, 11) is 0. The number of aromatic amines is 1. The van der Waals surface area contributed by atoms with E-state index in [1.54, 1.807) is 0 Å². The van der Waals surface area contributed by atoms with Gasteiger partial charge in [-0.25, -0.2) is 0 Å². The molecular formula is C4H11N5. The third-order valence-corrected chi connectivity index (χ3v) is 0.572. The van der Waals surface area contributed by atoms with Crippen molar-refractivity contribution in [1.29, 1.82) is 0 Å². The van der Waals surface area contributed by atoms with Gasteiger partial charge in [-0.3, -0.25) is 0 Å². The Hall–Kier alpha value is -0.970. The van der Waals surface area contributed by atoms with Crippen LogP contribution in [0.3, 0.4) is 0 Å². The van der Waals surface area contributed by atoms with E-state index in [-0.39, 0.29) is 0 Å². The quantitative estimate of drug-likeness (QED) is 0.544. The Morgan fingerprint density at radius 3 is 2.44 bits per heavy atom. The van der Waals surface area contributed by atoms with Gasteiger partial charge in [0.1, 0.15) is 0 Å². The van der Waals surface area contributed by atoms with Crippen molar-refractivity contribution in [2.24, 2.45) is 5.73 Å². The molecule has 0 fully saturated rings. The molecule has 1 rings (SSSR count). The molecule has 5 heteroatoms. The van der Waals surface area contributed by atoms with Crippen molar-refractivity contribution in [1.82, 2.24) is 20.6 Å². The van der Waals surface area contributed by atoms with Crippen LogP contribution in [-0.4, -0.2) is 20.6 Å². The van der Waals surface area contributed by atoms with E-state index < -0.39 is 0 Å². The van der Waals surface area contributed by atoms with E-state index in [0.717, 1.165) is 0 Å². The molecule has 0 bridgehead atoms. The Morgan fingerprint density at radius 1 is 1.56 bits per heavy atom. The van der Waals surface area contributed by atoms with Gasteiger partial charge in [0.2, 0.25) is 0 Å². The fourth-order valence-corrected chi connectivity index (χ4v) is 0.269. The molecule has 0 aliphatic rings. The molecule has 1 heterocycles. The molecule has 9 heavy (non-hydrogen) atoms. The van der Waals surface area contributed by atoms with E-state index >= 15 is 0 Å². The summed E-state index contributed by atoms with van der Waals surface area (Å²) in [5.74, 6) is 0.542. The fourth-order valence-electron chi connectivity index (χ4n) is 0.269. The molecule has 0 spiro atoms. The van der Waals surface area contributed by atoms with Gasteiger partial charge in [0, 0.05) is 0 Å². The maximum atomic E-state index is 5.11. The average Bonchev–Trinajstić information content (AvgIpc) is 2.43. The Bertz CT molecular complexity index is 124. The first-order valence-electron chi connectivity index (χ1n) is 2.86. The number of tetrazole rings is 1. The van der Waals surface area contributed by atoms with Crippen LogP contribution >= 0.6 is 0 Å². The fraction of sp³-hybridized carbons (Fsp3) is 0.750. The van der Waals surface area contributed by atoms with Crippen LogP contribution in [-0.2, 0) is 6.54 Å². The summed E-state index contributed by atoms with van der Waals surface area (Å²) < 4.78 is 0. The molecule has 3 N–H and O–H groups in total. The predicted molar refractivity (Wildman–Crippen MR) is 33.4 cm³/mol. The molecule has 0 radical (unpaired) electrons. The van der Waals surface area contributed by atoms with Gasteiger partial charge in [-0.15, -0.1) is 10.2 Å². The molecule has 0 aliphatic carbocycles. The Morgan fingerprint density at radius 2 is 2.22 bits per heavy atom. The first kappa shape index (κ1) is 8.03. The van der Waals surface area contributed by atoms with Crippen LogP contribution in [0.1, 0.15) is 19.7 Å². The lowest BCUT2D eigenvalue weighted by Gasteiger charge is -1.73. The highest BCUT2D eigenvalue weighted by molar-refractivity contribution is 4.70. The number of nitrogens with two attached hydrogens (primary N) is 1. The third-order valence-electron chi connectivity index (χ3n) is 0.572. The topological polar surface area (TPSA) is 80.5 Å². The van der Waals surface area contributed by atoms with Crippen LogP contribution in [0.25, 0.3) is 0 Å². The zero-order valence-electron chi connectivity index (χ0n) is 5.63. The molecular weight excluding hydrogens is 118 g/mol. The number of nitrogens with zero attached hydrogens (tertiary/aromatic N) is 3. The third kappa shape index (κ3) is 2.76. The smallest absolute Gasteiger partial charge is 0.188 e. The van der Waals surface area contributed by atoms with Crippen LogP contribution in [0.5, 0.6) is 0 Å². The van der Waals surface area contributed by atoms with Gasteiger partial charge in [-0.2, -0.15) is 5.21 Å². The largest absolute Gasteiger partial charge is 0.324 e. The molecule has 1 aromatic heterocycles. The minimum atomic E-state index is 0.344. The number of nitrogens with one attached hydrogen (secondary N) is 1. The highest BCUT2D eigenvalue weighted by atomic mass is 15.5. The summed E-state index contributed by atoms with van der Waals surface area (Å²) in [6.45, 7) is 4.34. The van der Waals surface area contributed by atoms with Gasteiger partial charge in [0.15, 0.2) is 5.82 Å². The van der Waals surface area contributed by atoms with Gasteiger partial charge in [0.25, 0.3) is 0 Å².